The van der Waals surface area contributed by atoms with Gasteiger partial charge in [0.2, 0.25) is 0 Å². The van der Waals surface area contributed by atoms with E-state index >= 15 is 0 Å². The van der Waals surface area contributed by atoms with E-state index in [9.17, 15) is 8.09 Å². The van der Waals surface area contributed by atoms with Crippen LogP contribution in [0.2, 0.25) is 0 Å². The van der Waals surface area contributed by atoms with Gasteiger partial charge in [-0.3, -0.25) is 0 Å². The van der Waals surface area contributed by atoms with Crippen molar-refractivity contribution in [3.63, 3.8) is 0 Å². The highest BCUT2D eigenvalue weighted by Crippen LogP contribution is 2.21. The van der Waals surface area contributed by atoms with E-state index in [1.54, 1.807) is 0 Å². The maximum absolute atomic E-state index is 14.4. The lowest BCUT2D eigenvalue weighted by molar-refractivity contribution is 0.302. The zero-order valence-corrected chi connectivity index (χ0v) is 14.9. The predicted molar refractivity (Wildman–Crippen MR) is 88.2 cm³/mol. The van der Waals surface area contributed by atoms with E-state index in [1.165, 1.54) is 23.6 Å². The molecule has 1 aliphatic rings. The standard InChI is InChI=1S/C15H32FN3OS/c1-5-6-7-8-9-10-14(2)17-21(16,20)19-12-11-15(13-19)18(3)4/h14-15H,5-13H2,1-4H3. The van der Waals surface area contributed by atoms with E-state index in [-0.39, 0.29) is 12.1 Å². The van der Waals surface area contributed by atoms with Gasteiger partial charge in [-0.25, -0.2) is 0 Å². The first-order chi connectivity index (χ1) is 9.86. The van der Waals surface area contributed by atoms with Gasteiger partial charge in [0.1, 0.15) is 0 Å². The Hall–Kier alpha value is -0.200. The first-order valence-corrected chi connectivity index (χ1v) is 9.61. The fourth-order valence-corrected chi connectivity index (χ4v) is 4.09. The summed E-state index contributed by atoms with van der Waals surface area (Å²) in [5.41, 5.74) is 0. The molecule has 0 saturated carbocycles. The van der Waals surface area contributed by atoms with Crippen molar-refractivity contribution in [1.82, 2.24) is 9.21 Å². The monoisotopic (exact) mass is 321 g/mol. The molecule has 0 spiro atoms. The fourth-order valence-electron chi connectivity index (χ4n) is 2.72. The molecule has 126 valence electrons. The second-order valence-electron chi connectivity index (χ2n) is 6.38. The van der Waals surface area contributed by atoms with Gasteiger partial charge in [0.25, 0.3) is 10.3 Å². The summed E-state index contributed by atoms with van der Waals surface area (Å²) in [7, 11) is 0.262. The molecule has 3 unspecified atom stereocenters. The van der Waals surface area contributed by atoms with Crippen LogP contribution in [0.5, 0.6) is 0 Å². The van der Waals surface area contributed by atoms with E-state index in [1.807, 2.05) is 21.0 Å². The predicted octanol–water partition coefficient (Wildman–Crippen LogP) is 3.64. The third-order valence-corrected chi connectivity index (χ3v) is 5.80. The van der Waals surface area contributed by atoms with Crippen molar-refractivity contribution in [2.24, 2.45) is 4.36 Å². The molecule has 1 heterocycles. The number of rotatable bonds is 9. The smallest absolute Gasteiger partial charge is 0.271 e. The van der Waals surface area contributed by atoms with Crippen molar-refractivity contribution in [2.75, 3.05) is 27.2 Å². The largest absolute Gasteiger partial charge is 0.305 e. The molecular weight excluding hydrogens is 289 g/mol. The lowest BCUT2D eigenvalue weighted by atomic mass is 10.1. The number of halogens is 1. The fraction of sp³-hybridized carbons (Fsp3) is 1.00. The molecule has 6 heteroatoms. The van der Waals surface area contributed by atoms with Crippen LogP contribution in [-0.2, 0) is 10.3 Å². The van der Waals surface area contributed by atoms with Gasteiger partial charge in [-0.2, -0.15) is 12.9 Å². The van der Waals surface area contributed by atoms with Crippen LogP contribution in [0.15, 0.2) is 4.36 Å². The number of hydrogen-bond donors (Lipinski definition) is 0. The van der Waals surface area contributed by atoms with Gasteiger partial charge in [0, 0.05) is 19.1 Å². The molecule has 3 atom stereocenters. The summed E-state index contributed by atoms with van der Waals surface area (Å²) in [6.45, 7) is 5.10. The number of nitrogens with zero attached hydrogens (tertiary/aromatic N) is 3. The topological polar surface area (TPSA) is 35.9 Å². The minimum Gasteiger partial charge on any atom is -0.305 e. The summed E-state index contributed by atoms with van der Waals surface area (Å²) >= 11 is 0. The second kappa shape index (κ2) is 9.06. The molecular formula is C15H32FN3OS. The summed E-state index contributed by atoms with van der Waals surface area (Å²) in [6, 6.07) is 0.114. The third kappa shape index (κ3) is 6.61. The van der Waals surface area contributed by atoms with E-state index in [0.29, 0.717) is 13.1 Å². The van der Waals surface area contributed by atoms with Crippen molar-refractivity contribution < 1.29 is 8.09 Å². The Bertz CT molecular complexity index is 408. The summed E-state index contributed by atoms with van der Waals surface area (Å²) in [5.74, 6) is 0. The van der Waals surface area contributed by atoms with Crippen LogP contribution in [0.1, 0.15) is 58.8 Å². The summed E-state index contributed by atoms with van der Waals surface area (Å²) in [5, 5.41) is 0. The lowest BCUT2D eigenvalue weighted by Gasteiger charge is -2.20. The van der Waals surface area contributed by atoms with E-state index < -0.39 is 10.3 Å². The van der Waals surface area contributed by atoms with Crippen LogP contribution in [0.3, 0.4) is 0 Å². The minimum absolute atomic E-state index is 0.164. The zero-order chi connectivity index (χ0) is 15.9. The van der Waals surface area contributed by atoms with Crippen molar-refractivity contribution >= 4 is 10.3 Å². The molecule has 0 amide bonds. The molecule has 21 heavy (non-hydrogen) atoms. The van der Waals surface area contributed by atoms with Crippen molar-refractivity contribution in [1.29, 1.82) is 0 Å². The van der Waals surface area contributed by atoms with Gasteiger partial charge >= 0.3 is 0 Å². The number of hydrogen-bond acceptors (Lipinski definition) is 3. The van der Waals surface area contributed by atoms with Gasteiger partial charge in [-0.05, 0) is 33.9 Å². The first-order valence-electron chi connectivity index (χ1n) is 8.24. The minimum atomic E-state index is -3.69. The normalized spacial score (nSPS) is 24.2. The van der Waals surface area contributed by atoms with E-state index in [4.69, 9.17) is 0 Å². The number of unbranched alkanes of at least 4 members (excludes halogenated alkanes) is 4. The van der Waals surface area contributed by atoms with Crippen LogP contribution < -0.4 is 0 Å². The molecule has 0 aromatic heterocycles. The van der Waals surface area contributed by atoms with Gasteiger partial charge in [-0.1, -0.05) is 39.0 Å². The maximum Gasteiger partial charge on any atom is 0.271 e. The van der Waals surface area contributed by atoms with Gasteiger partial charge in [-0.15, -0.1) is 3.89 Å². The van der Waals surface area contributed by atoms with Crippen LogP contribution in [0.25, 0.3) is 0 Å². The van der Waals surface area contributed by atoms with Gasteiger partial charge in [0.15, 0.2) is 0 Å². The van der Waals surface area contributed by atoms with Crippen molar-refractivity contribution in [2.45, 2.75) is 70.9 Å². The average molecular weight is 322 g/mol. The summed E-state index contributed by atoms with van der Waals surface area (Å²) in [6.07, 6.45) is 7.59. The molecule has 4 nitrogen and oxygen atoms in total. The third-order valence-electron chi connectivity index (χ3n) is 4.21. The highest BCUT2D eigenvalue weighted by Gasteiger charge is 2.31. The highest BCUT2D eigenvalue weighted by molar-refractivity contribution is 7.86. The summed E-state index contributed by atoms with van der Waals surface area (Å²) in [4.78, 5) is 2.06. The lowest BCUT2D eigenvalue weighted by Crippen LogP contribution is -2.33. The zero-order valence-electron chi connectivity index (χ0n) is 14.1. The molecule has 0 aromatic carbocycles. The van der Waals surface area contributed by atoms with Gasteiger partial charge < -0.3 is 4.90 Å². The van der Waals surface area contributed by atoms with Gasteiger partial charge in [0.05, 0.1) is 6.04 Å². The Morgan fingerprint density at radius 1 is 1.33 bits per heavy atom. The van der Waals surface area contributed by atoms with E-state index in [2.05, 4.69) is 16.2 Å². The Balaban J connectivity index is 2.43. The van der Waals surface area contributed by atoms with Crippen LogP contribution in [0.4, 0.5) is 3.89 Å². The molecule has 0 aliphatic carbocycles. The Kier molecular flexibility index (Phi) is 8.13. The average Bonchev–Trinajstić information content (AvgIpc) is 2.88. The molecule has 1 saturated heterocycles. The van der Waals surface area contributed by atoms with Crippen LogP contribution >= 0.6 is 0 Å². The molecule has 0 N–H and O–H groups in total. The Labute approximate surface area is 130 Å². The molecule has 0 bridgehead atoms. The number of likely N-dealkylation sites (N-methyl/N-ethyl adjacent to an activating group) is 1. The van der Waals surface area contributed by atoms with Crippen LogP contribution in [-0.4, -0.2) is 52.7 Å². The summed E-state index contributed by atoms with van der Waals surface area (Å²) < 4.78 is 32.0. The van der Waals surface area contributed by atoms with Crippen molar-refractivity contribution in [3.05, 3.63) is 0 Å². The highest BCUT2D eigenvalue weighted by atomic mass is 32.3. The first kappa shape index (κ1) is 18.8. The second-order valence-corrected chi connectivity index (χ2v) is 7.97. The van der Waals surface area contributed by atoms with Crippen LogP contribution in [0, 0.1) is 0 Å². The molecule has 1 fully saturated rings. The molecule has 0 radical (unpaired) electrons. The SMILES string of the molecule is CCCCCCCC(C)N=S(=O)(F)N1CCC(N(C)C)C1. The Morgan fingerprint density at radius 3 is 2.57 bits per heavy atom. The Morgan fingerprint density at radius 2 is 2.00 bits per heavy atom. The quantitative estimate of drug-likeness (QED) is 0.480. The maximum atomic E-state index is 14.4. The molecule has 1 rings (SSSR count). The van der Waals surface area contributed by atoms with E-state index in [0.717, 1.165) is 25.7 Å². The molecule has 0 aromatic rings. The molecule has 1 aliphatic heterocycles. The van der Waals surface area contributed by atoms with Crippen molar-refractivity contribution in [3.8, 4) is 0 Å².